The monoisotopic (exact) mass is 299 g/mol. The molecule has 0 saturated heterocycles. The van der Waals surface area contributed by atoms with Gasteiger partial charge in [0.2, 0.25) is 0 Å². The van der Waals surface area contributed by atoms with Crippen LogP contribution in [0.3, 0.4) is 0 Å². The summed E-state index contributed by atoms with van der Waals surface area (Å²) in [4.78, 5) is 0. The Balaban J connectivity index is 2.15. The lowest BCUT2D eigenvalue weighted by Gasteiger charge is -2.31. The summed E-state index contributed by atoms with van der Waals surface area (Å²) in [5.41, 5.74) is 2.03. The number of halogens is 2. The van der Waals surface area contributed by atoms with Gasteiger partial charge in [-0.2, -0.15) is 0 Å². The van der Waals surface area contributed by atoms with Gasteiger partial charge in [-0.1, -0.05) is 19.8 Å². The van der Waals surface area contributed by atoms with Crippen LogP contribution in [-0.4, -0.2) is 6.04 Å². The first-order valence-corrected chi connectivity index (χ1v) is 7.09. The molecular weight excluding hydrogens is 281 g/mol. The van der Waals surface area contributed by atoms with Crippen LogP contribution in [0.2, 0.25) is 0 Å². The number of aryl methyl sites for hydroxylation is 1. The van der Waals surface area contributed by atoms with E-state index in [1.54, 1.807) is 6.07 Å². The molecule has 1 fully saturated rings. The lowest BCUT2D eigenvalue weighted by Crippen LogP contribution is -2.30. The van der Waals surface area contributed by atoms with Crippen LogP contribution in [0.1, 0.15) is 38.2 Å². The molecule has 94 valence electrons. The minimum atomic E-state index is -0.190. The van der Waals surface area contributed by atoms with Crippen LogP contribution in [0.5, 0.6) is 0 Å². The summed E-state index contributed by atoms with van der Waals surface area (Å²) >= 11 is 3.25. The highest BCUT2D eigenvalue weighted by Gasteiger charge is 2.21. The maximum Gasteiger partial charge on any atom is 0.137 e. The molecule has 3 heteroatoms. The summed E-state index contributed by atoms with van der Waals surface area (Å²) in [6.07, 6.45) is 5.14. The predicted molar refractivity (Wildman–Crippen MR) is 73.9 cm³/mol. The highest BCUT2D eigenvalue weighted by molar-refractivity contribution is 9.10. The predicted octanol–water partition coefficient (Wildman–Crippen LogP) is 4.89. The third-order valence-corrected chi connectivity index (χ3v) is 4.33. The molecule has 0 spiro atoms. The van der Waals surface area contributed by atoms with Crippen molar-refractivity contribution in [3.05, 3.63) is 28.0 Å². The molecular formula is C14H19BrFN. The topological polar surface area (TPSA) is 12.0 Å². The summed E-state index contributed by atoms with van der Waals surface area (Å²) in [6.45, 7) is 4.25. The van der Waals surface area contributed by atoms with E-state index in [1.807, 2.05) is 13.0 Å². The van der Waals surface area contributed by atoms with Gasteiger partial charge >= 0.3 is 0 Å². The van der Waals surface area contributed by atoms with Gasteiger partial charge in [0, 0.05) is 11.7 Å². The van der Waals surface area contributed by atoms with Crippen LogP contribution in [0, 0.1) is 18.7 Å². The molecule has 2 rings (SSSR count). The quantitative estimate of drug-likeness (QED) is 0.820. The van der Waals surface area contributed by atoms with Crippen LogP contribution in [0.25, 0.3) is 0 Å². The van der Waals surface area contributed by atoms with E-state index in [0.717, 1.165) is 11.3 Å². The minimum absolute atomic E-state index is 0.190. The van der Waals surface area contributed by atoms with E-state index < -0.39 is 0 Å². The molecule has 1 N–H and O–H groups in total. The molecule has 0 bridgehead atoms. The van der Waals surface area contributed by atoms with E-state index in [-0.39, 0.29) is 5.82 Å². The van der Waals surface area contributed by atoms with E-state index >= 15 is 0 Å². The summed E-state index contributed by atoms with van der Waals surface area (Å²) in [5, 5.41) is 3.57. The summed E-state index contributed by atoms with van der Waals surface area (Å²) in [5.74, 6) is 0.511. The molecule has 0 radical (unpaired) electrons. The van der Waals surface area contributed by atoms with Gasteiger partial charge in [0.1, 0.15) is 5.82 Å². The zero-order chi connectivity index (χ0) is 12.4. The van der Waals surface area contributed by atoms with Gasteiger partial charge in [0.15, 0.2) is 0 Å². The van der Waals surface area contributed by atoms with Crippen LogP contribution in [0.15, 0.2) is 16.6 Å². The van der Waals surface area contributed by atoms with Crippen molar-refractivity contribution in [2.45, 2.75) is 45.6 Å². The number of hydrogen-bond donors (Lipinski definition) is 1. The third kappa shape index (κ3) is 3.01. The third-order valence-electron chi connectivity index (χ3n) is 3.72. The second kappa shape index (κ2) is 5.38. The van der Waals surface area contributed by atoms with Gasteiger partial charge in [0.05, 0.1) is 4.47 Å². The van der Waals surface area contributed by atoms with Crippen LogP contribution in [0.4, 0.5) is 10.1 Å². The molecule has 17 heavy (non-hydrogen) atoms. The van der Waals surface area contributed by atoms with Crippen LogP contribution < -0.4 is 5.32 Å². The molecule has 1 aliphatic carbocycles. The van der Waals surface area contributed by atoms with E-state index in [0.29, 0.717) is 16.4 Å². The number of nitrogens with one attached hydrogen (secondary N) is 1. The smallest absolute Gasteiger partial charge is 0.137 e. The zero-order valence-electron chi connectivity index (χ0n) is 10.4. The largest absolute Gasteiger partial charge is 0.382 e. The first-order chi connectivity index (χ1) is 8.08. The number of hydrogen-bond acceptors (Lipinski definition) is 1. The number of anilines is 1. The fourth-order valence-electron chi connectivity index (χ4n) is 2.53. The molecule has 1 aliphatic rings. The maximum atomic E-state index is 13.3. The van der Waals surface area contributed by atoms with Crippen LogP contribution in [-0.2, 0) is 0 Å². The lowest BCUT2D eigenvalue weighted by atomic mass is 9.85. The fourth-order valence-corrected chi connectivity index (χ4v) is 2.88. The Morgan fingerprint density at radius 3 is 2.71 bits per heavy atom. The molecule has 1 aromatic rings. The molecule has 2 atom stereocenters. The highest BCUT2D eigenvalue weighted by Crippen LogP contribution is 2.30. The first-order valence-electron chi connectivity index (χ1n) is 6.30. The van der Waals surface area contributed by atoms with E-state index in [4.69, 9.17) is 0 Å². The van der Waals surface area contributed by atoms with Crippen molar-refractivity contribution in [2.75, 3.05) is 5.32 Å². The molecule has 1 saturated carbocycles. The molecule has 0 amide bonds. The van der Waals surface area contributed by atoms with E-state index in [2.05, 4.69) is 28.2 Å². The Morgan fingerprint density at radius 1 is 1.29 bits per heavy atom. The highest BCUT2D eigenvalue weighted by atomic mass is 79.9. The lowest BCUT2D eigenvalue weighted by molar-refractivity contribution is 0.349. The Hall–Kier alpha value is -0.570. The normalized spacial score (nSPS) is 24.7. The van der Waals surface area contributed by atoms with Gasteiger partial charge in [-0.25, -0.2) is 4.39 Å². The van der Waals surface area contributed by atoms with Gasteiger partial charge in [-0.3, -0.25) is 0 Å². The Morgan fingerprint density at radius 2 is 2.00 bits per heavy atom. The Kier molecular flexibility index (Phi) is 4.08. The molecule has 1 aromatic carbocycles. The summed E-state index contributed by atoms with van der Waals surface area (Å²) in [6, 6.07) is 3.96. The van der Waals surface area contributed by atoms with Crippen molar-refractivity contribution >= 4 is 21.6 Å². The number of rotatable bonds is 2. The van der Waals surface area contributed by atoms with Gasteiger partial charge in [-0.15, -0.1) is 0 Å². The molecule has 0 heterocycles. The van der Waals surface area contributed by atoms with Gasteiger partial charge < -0.3 is 5.32 Å². The minimum Gasteiger partial charge on any atom is -0.382 e. The van der Waals surface area contributed by atoms with Crippen molar-refractivity contribution in [3.63, 3.8) is 0 Å². The average Bonchev–Trinajstić information content (AvgIpc) is 2.29. The fraction of sp³-hybridized carbons (Fsp3) is 0.571. The molecule has 1 nitrogen and oxygen atoms in total. The van der Waals surface area contributed by atoms with Gasteiger partial charge in [0.25, 0.3) is 0 Å². The van der Waals surface area contributed by atoms with Crippen molar-refractivity contribution in [3.8, 4) is 0 Å². The molecule has 2 unspecified atom stereocenters. The van der Waals surface area contributed by atoms with E-state index in [1.165, 1.54) is 25.7 Å². The standard InChI is InChI=1S/C14H19BrFN/c1-9-5-3-4-6-13(9)17-14-8-11(15)12(16)7-10(14)2/h7-9,13,17H,3-6H2,1-2H3. The molecule has 0 aromatic heterocycles. The second-order valence-electron chi connectivity index (χ2n) is 5.09. The Bertz CT molecular complexity index is 405. The first kappa shape index (κ1) is 12.9. The molecule has 0 aliphatic heterocycles. The Labute approximate surface area is 111 Å². The summed E-state index contributed by atoms with van der Waals surface area (Å²) < 4.78 is 13.9. The SMILES string of the molecule is Cc1cc(F)c(Br)cc1NC1CCCCC1C. The van der Waals surface area contributed by atoms with Crippen molar-refractivity contribution in [2.24, 2.45) is 5.92 Å². The van der Waals surface area contributed by atoms with Crippen molar-refractivity contribution in [1.82, 2.24) is 0 Å². The number of benzene rings is 1. The van der Waals surface area contributed by atoms with E-state index in [9.17, 15) is 4.39 Å². The second-order valence-corrected chi connectivity index (χ2v) is 5.95. The maximum absolute atomic E-state index is 13.3. The average molecular weight is 300 g/mol. The zero-order valence-corrected chi connectivity index (χ0v) is 12.0. The summed E-state index contributed by atoms with van der Waals surface area (Å²) in [7, 11) is 0. The van der Waals surface area contributed by atoms with Crippen LogP contribution >= 0.6 is 15.9 Å². The van der Waals surface area contributed by atoms with Gasteiger partial charge in [-0.05, 0) is 59.3 Å². The van der Waals surface area contributed by atoms with Crippen molar-refractivity contribution in [1.29, 1.82) is 0 Å². The van der Waals surface area contributed by atoms with Crippen molar-refractivity contribution < 1.29 is 4.39 Å².